The Hall–Kier alpha value is -4.26. The van der Waals surface area contributed by atoms with Crippen molar-refractivity contribution < 1.29 is 19.0 Å². The molecule has 3 aromatic carbocycles. The number of aromatic nitrogens is 1. The fourth-order valence-corrected chi connectivity index (χ4v) is 3.09. The third kappa shape index (κ3) is 5.46. The summed E-state index contributed by atoms with van der Waals surface area (Å²) in [6.45, 7) is 0.187. The van der Waals surface area contributed by atoms with Crippen LogP contribution in [0.15, 0.2) is 90.1 Å². The second-order valence-corrected chi connectivity index (χ2v) is 6.94. The van der Waals surface area contributed by atoms with Crippen molar-refractivity contribution in [3.05, 3.63) is 101 Å². The highest BCUT2D eigenvalue weighted by molar-refractivity contribution is 5.78. The summed E-state index contributed by atoms with van der Waals surface area (Å²) >= 11 is 0. The Morgan fingerprint density at radius 3 is 2.41 bits per heavy atom. The van der Waals surface area contributed by atoms with Gasteiger partial charge in [-0.15, -0.1) is 4.91 Å². The van der Waals surface area contributed by atoms with E-state index >= 15 is 0 Å². The van der Waals surface area contributed by atoms with Crippen LogP contribution < -0.4 is 14.2 Å². The van der Waals surface area contributed by atoms with Crippen LogP contribution in [0.4, 0.5) is 0 Å². The van der Waals surface area contributed by atoms with E-state index in [2.05, 4.69) is 10.2 Å². The molecule has 0 saturated carbocycles. The third-order valence-corrected chi connectivity index (χ3v) is 4.64. The summed E-state index contributed by atoms with van der Waals surface area (Å²) in [6, 6.07) is 26.4. The molecule has 4 aromatic rings. The molecule has 0 fully saturated rings. The van der Waals surface area contributed by atoms with Crippen molar-refractivity contribution in [1.29, 1.82) is 0 Å². The number of carbonyl (C=O) groups is 1. The van der Waals surface area contributed by atoms with Crippen molar-refractivity contribution in [3.8, 4) is 17.2 Å². The van der Waals surface area contributed by atoms with Gasteiger partial charge in [0.05, 0.1) is 11.2 Å². The number of pyridine rings is 1. The van der Waals surface area contributed by atoms with E-state index in [9.17, 15) is 9.70 Å². The van der Waals surface area contributed by atoms with Crippen LogP contribution in [0.25, 0.3) is 10.9 Å². The van der Waals surface area contributed by atoms with Gasteiger partial charge in [0.15, 0.2) is 18.1 Å². The molecule has 1 heterocycles. The van der Waals surface area contributed by atoms with Gasteiger partial charge in [-0.25, -0.2) is 4.98 Å². The number of hydrogen-bond acceptors (Lipinski definition) is 6. The van der Waals surface area contributed by atoms with Gasteiger partial charge in [0.1, 0.15) is 19.0 Å². The van der Waals surface area contributed by atoms with E-state index in [1.165, 1.54) is 0 Å². The number of benzene rings is 3. The summed E-state index contributed by atoms with van der Waals surface area (Å²) in [4.78, 5) is 25.9. The number of ether oxygens (including phenoxy) is 3. The van der Waals surface area contributed by atoms with Gasteiger partial charge in [-0.1, -0.05) is 48.5 Å². The van der Waals surface area contributed by atoms with Crippen molar-refractivity contribution in [1.82, 2.24) is 4.98 Å². The molecule has 32 heavy (non-hydrogen) atoms. The molecule has 160 valence electrons. The lowest BCUT2D eigenvalue weighted by Gasteiger charge is -2.12. The van der Waals surface area contributed by atoms with Crippen molar-refractivity contribution in [3.63, 3.8) is 0 Å². The zero-order chi connectivity index (χ0) is 22.2. The first-order valence-corrected chi connectivity index (χ1v) is 9.98. The molecule has 7 heteroatoms. The third-order valence-electron chi connectivity index (χ3n) is 4.64. The van der Waals surface area contributed by atoms with Gasteiger partial charge in [-0.2, -0.15) is 0 Å². The number of para-hydroxylation sites is 3. The molecule has 0 radical (unpaired) electrons. The van der Waals surface area contributed by atoms with Gasteiger partial charge in [-0.3, -0.25) is 4.79 Å². The fraction of sp³-hybridized carbons (Fsp3) is 0.120. The first-order valence-electron chi connectivity index (χ1n) is 9.98. The van der Waals surface area contributed by atoms with Gasteiger partial charge in [-0.05, 0) is 42.0 Å². The Bertz CT molecular complexity index is 1240. The van der Waals surface area contributed by atoms with Gasteiger partial charge < -0.3 is 14.2 Å². The lowest BCUT2D eigenvalue weighted by Crippen LogP contribution is -2.08. The number of amides is 1. The van der Waals surface area contributed by atoms with Crippen LogP contribution in [-0.4, -0.2) is 17.5 Å². The van der Waals surface area contributed by atoms with Gasteiger partial charge in [0.2, 0.25) is 0 Å². The summed E-state index contributed by atoms with van der Waals surface area (Å²) in [5.41, 5.74) is 2.67. The molecule has 0 atom stereocenters. The lowest BCUT2D eigenvalue weighted by atomic mass is 10.2. The SMILES string of the molecule is O=NC(=O)COc1ccccc1OCc1cccc(OCc2ccc3ccccc3n2)c1. The van der Waals surface area contributed by atoms with Crippen molar-refractivity contribution >= 4 is 16.8 Å². The van der Waals surface area contributed by atoms with Crippen LogP contribution in [0.3, 0.4) is 0 Å². The largest absolute Gasteiger partial charge is 0.487 e. The minimum Gasteiger partial charge on any atom is -0.487 e. The standard InChI is InChI=1S/C25H20N2O5/c28-25(27-29)17-32-24-11-4-3-10-23(24)31-15-18-6-5-8-21(14-18)30-16-20-13-12-19-7-1-2-9-22(19)26-20/h1-14H,15-17H2. The van der Waals surface area contributed by atoms with Crippen LogP contribution >= 0.6 is 0 Å². The van der Waals surface area contributed by atoms with Crippen molar-refractivity contribution in [2.45, 2.75) is 13.2 Å². The van der Waals surface area contributed by atoms with E-state index in [1.807, 2.05) is 60.7 Å². The molecule has 7 nitrogen and oxygen atoms in total. The summed E-state index contributed by atoms with van der Waals surface area (Å²) in [5.74, 6) is 0.635. The molecule has 0 aliphatic carbocycles. The summed E-state index contributed by atoms with van der Waals surface area (Å²) in [6.07, 6.45) is 0. The first kappa shape index (κ1) is 21.0. The number of hydrogen-bond donors (Lipinski definition) is 0. The zero-order valence-electron chi connectivity index (χ0n) is 17.1. The highest BCUT2D eigenvalue weighted by Crippen LogP contribution is 2.27. The van der Waals surface area contributed by atoms with Crippen molar-refractivity contribution in [2.24, 2.45) is 5.18 Å². The molecule has 0 saturated heterocycles. The minimum atomic E-state index is -0.884. The second-order valence-electron chi connectivity index (χ2n) is 6.94. The molecule has 1 aromatic heterocycles. The minimum absolute atomic E-state index is 0.270. The maximum atomic E-state index is 11.1. The van der Waals surface area contributed by atoms with E-state index in [0.29, 0.717) is 23.9 Å². The molecule has 1 amide bonds. The average Bonchev–Trinajstić information content (AvgIpc) is 2.85. The predicted octanol–water partition coefficient (Wildman–Crippen LogP) is 5.06. The molecule has 0 N–H and O–H groups in total. The van der Waals surface area contributed by atoms with Crippen LogP contribution in [0.2, 0.25) is 0 Å². The fourth-order valence-electron chi connectivity index (χ4n) is 3.09. The molecule has 0 aliphatic rings. The van der Waals surface area contributed by atoms with E-state index in [1.54, 1.807) is 24.3 Å². The Labute approximate surface area is 184 Å². The van der Waals surface area contributed by atoms with Gasteiger partial charge >= 0.3 is 5.91 Å². The molecule has 0 spiro atoms. The number of fused-ring (bicyclic) bond motifs is 1. The molecule has 0 unspecified atom stereocenters. The topological polar surface area (TPSA) is 87.1 Å². The molecule has 4 rings (SSSR count). The normalized spacial score (nSPS) is 10.5. The quantitative estimate of drug-likeness (QED) is 0.346. The Balaban J connectivity index is 1.37. The maximum Gasteiger partial charge on any atom is 0.323 e. The highest BCUT2D eigenvalue weighted by Gasteiger charge is 2.08. The summed E-state index contributed by atoms with van der Waals surface area (Å²) in [7, 11) is 0. The Kier molecular flexibility index (Phi) is 6.67. The van der Waals surface area contributed by atoms with Gasteiger partial charge in [0.25, 0.3) is 0 Å². The first-order chi connectivity index (χ1) is 15.7. The van der Waals surface area contributed by atoms with Crippen LogP contribution in [0, 0.1) is 4.91 Å². The highest BCUT2D eigenvalue weighted by atomic mass is 16.5. The lowest BCUT2D eigenvalue weighted by molar-refractivity contribution is -0.119. The zero-order valence-corrected chi connectivity index (χ0v) is 17.1. The molecule has 0 aliphatic heterocycles. The Morgan fingerprint density at radius 1 is 0.781 bits per heavy atom. The van der Waals surface area contributed by atoms with E-state index in [-0.39, 0.29) is 6.61 Å². The van der Waals surface area contributed by atoms with Crippen molar-refractivity contribution in [2.75, 3.05) is 6.61 Å². The van der Waals surface area contributed by atoms with Gasteiger partial charge in [0, 0.05) is 10.6 Å². The van der Waals surface area contributed by atoms with E-state index < -0.39 is 12.5 Å². The van der Waals surface area contributed by atoms with Crippen LogP contribution in [0.5, 0.6) is 17.2 Å². The second kappa shape index (κ2) is 10.2. The number of nitrogens with zero attached hydrogens (tertiary/aromatic N) is 2. The average molecular weight is 428 g/mol. The number of rotatable bonds is 9. The maximum absolute atomic E-state index is 11.1. The number of nitroso groups, excluding NO2 is 1. The van der Waals surface area contributed by atoms with Crippen LogP contribution in [-0.2, 0) is 18.0 Å². The van der Waals surface area contributed by atoms with E-state index in [4.69, 9.17) is 14.2 Å². The monoisotopic (exact) mass is 428 g/mol. The van der Waals surface area contributed by atoms with E-state index in [0.717, 1.165) is 22.2 Å². The molecule has 0 bridgehead atoms. The summed E-state index contributed by atoms with van der Waals surface area (Å²) in [5, 5.41) is 3.41. The molecular weight excluding hydrogens is 408 g/mol. The Morgan fingerprint density at radius 2 is 1.56 bits per heavy atom. The van der Waals surface area contributed by atoms with Crippen LogP contribution in [0.1, 0.15) is 11.3 Å². The molecular formula is C25H20N2O5. The predicted molar refractivity (Wildman–Crippen MR) is 120 cm³/mol. The smallest absolute Gasteiger partial charge is 0.323 e. The summed E-state index contributed by atoms with van der Waals surface area (Å²) < 4.78 is 17.1. The number of carbonyl (C=O) groups excluding carboxylic acids is 1.